The van der Waals surface area contributed by atoms with E-state index >= 15 is 0 Å². The van der Waals surface area contributed by atoms with E-state index in [9.17, 15) is 12.8 Å². The van der Waals surface area contributed by atoms with Gasteiger partial charge in [-0.2, -0.15) is 4.31 Å². The van der Waals surface area contributed by atoms with Crippen LogP contribution >= 0.6 is 11.6 Å². The molecule has 1 atom stereocenters. The Morgan fingerprint density at radius 3 is 2.67 bits per heavy atom. The summed E-state index contributed by atoms with van der Waals surface area (Å²) in [5.41, 5.74) is 0. The summed E-state index contributed by atoms with van der Waals surface area (Å²) in [5, 5.41) is 3.49. The molecule has 0 amide bonds. The van der Waals surface area contributed by atoms with Gasteiger partial charge in [-0.25, -0.2) is 12.8 Å². The van der Waals surface area contributed by atoms with Crippen LogP contribution in [0.1, 0.15) is 25.7 Å². The average Bonchev–Trinajstić information content (AvgIpc) is 3.11. The largest absolute Gasteiger partial charge is 0.313 e. The number of hydrogen-bond donors (Lipinski definition) is 1. The third-order valence-electron chi connectivity index (χ3n) is 4.00. The number of sulfonamides is 1. The zero-order valence-electron chi connectivity index (χ0n) is 11.6. The Morgan fingerprint density at radius 2 is 2.10 bits per heavy atom. The minimum atomic E-state index is -3.81. The second kappa shape index (κ2) is 5.83. The van der Waals surface area contributed by atoms with Crippen molar-refractivity contribution in [1.82, 2.24) is 9.62 Å². The number of nitrogens with one attached hydrogen (secondary N) is 1. The van der Waals surface area contributed by atoms with Gasteiger partial charge in [0.05, 0.1) is 0 Å². The fourth-order valence-corrected chi connectivity index (χ4v) is 4.68. The molecule has 0 bridgehead atoms. The summed E-state index contributed by atoms with van der Waals surface area (Å²) >= 11 is 5.70. The van der Waals surface area contributed by atoms with Crippen LogP contribution in [0.3, 0.4) is 0 Å². The first kappa shape index (κ1) is 15.2. The molecule has 1 aliphatic carbocycles. The van der Waals surface area contributed by atoms with Gasteiger partial charge in [0, 0.05) is 23.7 Å². The molecule has 2 aliphatic rings. The molecule has 1 aliphatic heterocycles. The molecule has 116 valence electrons. The van der Waals surface area contributed by atoms with Gasteiger partial charge < -0.3 is 5.32 Å². The SMILES string of the molecule is O=S(=O)(c1ccc(Cl)cc1F)N(CC1CCCN1)C1CC1. The van der Waals surface area contributed by atoms with Gasteiger partial charge in [-0.3, -0.25) is 0 Å². The van der Waals surface area contributed by atoms with Crippen LogP contribution in [0.4, 0.5) is 4.39 Å². The van der Waals surface area contributed by atoms with E-state index in [1.807, 2.05) is 0 Å². The molecule has 0 aromatic heterocycles. The standard InChI is InChI=1S/C14H18ClFN2O2S/c15-10-3-6-14(13(16)8-10)21(19,20)18(12-4-5-12)9-11-2-1-7-17-11/h3,6,8,11-12,17H,1-2,4-5,7,9H2. The van der Waals surface area contributed by atoms with Crippen LogP contribution in [0.5, 0.6) is 0 Å². The van der Waals surface area contributed by atoms with Crippen LogP contribution in [-0.4, -0.2) is 37.9 Å². The van der Waals surface area contributed by atoms with Gasteiger partial charge in [0.25, 0.3) is 0 Å². The summed E-state index contributed by atoms with van der Waals surface area (Å²) in [7, 11) is -3.81. The molecule has 2 fully saturated rings. The van der Waals surface area contributed by atoms with Crippen LogP contribution in [-0.2, 0) is 10.0 Å². The zero-order chi connectivity index (χ0) is 15.0. The van der Waals surface area contributed by atoms with Gasteiger partial charge in [0.1, 0.15) is 10.7 Å². The summed E-state index contributed by atoms with van der Waals surface area (Å²) in [5.74, 6) is -0.785. The van der Waals surface area contributed by atoms with Crippen molar-refractivity contribution in [3.8, 4) is 0 Å². The van der Waals surface area contributed by atoms with Crippen LogP contribution in [0.25, 0.3) is 0 Å². The Kier molecular flexibility index (Phi) is 4.23. The van der Waals surface area contributed by atoms with E-state index in [2.05, 4.69) is 5.32 Å². The lowest BCUT2D eigenvalue weighted by atomic mass is 10.2. The lowest BCUT2D eigenvalue weighted by Gasteiger charge is -2.25. The molecule has 1 N–H and O–H groups in total. The maximum atomic E-state index is 14.0. The van der Waals surface area contributed by atoms with Crippen LogP contribution in [0, 0.1) is 5.82 Å². The molecule has 1 aromatic carbocycles. The Bertz CT molecular complexity index is 628. The normalized spacial score (nSPS) is 22.9. The summed E-state index contributed by atoms with van der Waals surface area (Å²) in [6, 6.07) is 3.89. The summed E-state index contributed by atoms with van der Waals surface area (Å²) < 4.78 is 41.0. The second-order valence-electron chi connectivity index (χ2n) is 5.67. The van der Waals surface area contributed by atoms with Crippen molar-refractivity contribution >= 4 is 21.6 Å². The Labute approximate surface area is 129 Å². The molecule has 1 saturated carbocycles. The van der Waals surface area contributed by atoms with Gasteiger partial charge in [0.15, 0.2) is 0 Å². The van der Waals surface area contributed by atoms with E-state index in [1.165, 1.54) is 16.4 Å². The van der Waals surface area contributed by atoms with E-state index in [4.69, 9.17) is 11.6 Å². The molecule has 1 saturated heterocycles. The molecule has 21 heavy (non-hydrogen) atoms. The fourth-order valence-electron chi connectivity index (χ4n) is 2.75. The summed E-state index contributed by atoms with van der Waals surface area (Å²) in [4.78, 5) is -0.281. The minimum Gasteiger partial charge on any atom is -0.313 e. The molecule has 7 heteroatoms. The van der Waals surface area contributed by atoms with Crippen LogP contribution in [0.2, 0.25) is 5.02 Å². The van der Waals surface area contributed by atoms with Gasteiger partial charge in [0.2, 0.25) is 10.0 Å². The Balaban J connectivity index is 1.89. The zero-order valence-corrected chi connectivity index (χ0v) is 13.1. The second-order valence-corrected chi connectivity index (χ2v) is 7.97. The number of benzene rings is 1. The van der Waals surface area contributed by atoms with Crippen molar-refractivity contribution < 1.29 is 12.8 Å². The third kappa shape index (κ3) is 3.23. The van der Waals surface area contributed by atoms with Gasteiger partial charge in [-0.15, -0.1) is 0 Å². The Morgan fingerprint density at radius 1 is 1.33 bits per heavy atom. The molecule has 1 unspecified atom stereocenters. The molecule has 1 aromatic rings. The van der Waals surface area contributed by atoms with E-state index in [0.29, 0.717) is 6.54 Å². The summed E-state index contributed by atoms with van der Waals surface area (Å²) in [6.45, 7) is 1.33. The number of halogens is 2. The monoisotopic (exact) mass is 332 g/mol. The minimum absolute atomic E-state index is 0.00692. The van der Waals surface area contributed by atoms with Crippen molar-refractivity contribution in [3.63, 3.8) is 0 Å². The van der Waals surface area contributed by atoms with E-state index in [-0.39, 0.29) is 22.0 Å². The molecule has 0 radical (unpaired) electrons. The van der Waals surface area contributed by atoms with Crippen molar-refractivity contribution in [2.75, 3.05) is 13.1 Å². The average molecular weight is 333 g/mol. The highest BCUT2D eigenvalue weighted by molar-refractivity contribution is 7.89. The Hall–Kier alpha value is -0.690. The van der Waals surface area contributed by atoms with Crippen molar-refractivity contribution in [3.05, 3.63) is 29.0 Å². The van der Waals surface area contributed by atoms with Crippen LogP contribution in [0.15, 0.2) is 23.1 Å². The van der Waals surface area contributed by atoms with Crippen molar-refractivity contribution in [2.45, 2.75) is 42.7 Å². The van der Waals surface area contributed by atoms with E-state index < -0.39 is 15.8 Å². The quantitative estimate of drug-likeness (QED) is 0.900. The molecule has 0 spiro atoms. The topological polar surface area (TPSA) is 49.4 Å². The van der Waals surface area contributed by atoms with Gasteiger partial charge in [-0.05, 0) is 50.4 Å². The third-order valence-corrected chi connectivity index (χ3v) is 6.18. The lowest BCUT2D eigenvalue weighted by molar-refractivity contribution is 0.361. The van der Waals surface area contributed by atoms with Crippen LogP contribution < -0.4 is 5.32 Å². The van der Waals surface area contributed by atoms with Crippen molar-refractivity contribution in [1.29, 1.82) is 0 Å². The predicted molar refractivity (Wildman–Crippen MR) is 79.3 cm³/mol. The van der Waals surface area contributed by atoms with E-state index in [1.54, 1.807) is 0 Å². The van der Waals surface area contributed by atoms with Gasteiger partial charge >= 0.3 is 0 Å². The molecular weight excluding hydrogens is 315 g/mol. The fraction of sp³-hybridized carbons (Fsp3) is 0.571. The maximum Gasteiger partial charge on any atom is 0.246 e. The van der Waals surface area contributed by atoms with Gasteiger partial charge in [-0.1, -0.05) is 11.6 Å². The highest BCUT2D eigenvalue weighted by Gasteiger charge is 2.40. The molecule has 4 nitrogen and oxygen atoms in total. The predicted octanol–water partition coefficient (Wildman–Crippen LogP) is 2.38. The summed E-state index contributed by atoms with van der Waals surface area (Å²) in [6.07, 6.45) is 3.71. The highest BCUT2D eigenvalue weighted by Crippen LogP contribution is 2.34. The first-order chi connectivity index (χ1) is 9.98. The lowest BCUT2D eigenvalue weighted by Crippen LogP contribution is -2.42. The molecule has 3 rings (SSSR count). The maximum absolute atomic E-state index is 14.0. The first-order valence-electron chi connectivity index (χ1n) is 7.19. The number of hydrogen-bond acceptors (Lipinski definition) is 3. The van der Waals surface area contributed by atoms with E-state index in [0.717, 1.165) is 38.3 Å². The highest BCUT2D eigenvalue weighted by atomic mass is 35.5. The smallest absolute Gasteiger partial charge is 0.246 e. The molecule has 1 heterocycles. The molecular formula is C14H18ClFN2O2S. The first-order valence-corrected chi connectivity index (χ1v) is 9.00. The number of rotatable bonds is 5. The number of nitrogens with zero attached hydrogens (tertiary/aromatic N) is 1. The van der Waals surface area contributed by atoms with Crippen molar-refractivity contribution in [2.24, 2.45) is 0 Å².